The lowest BCUT2D eigenvalue weighted by molar-refractivity contribution is 0.300. The lowest BCUT2D eigenvalue weighted by Crippen LogP contribution is -2.28. The molecule has 24 heavy (non-hydrogen) atoms. The van der Waals surface area contributed by atoms with E-state index in [-0.39, 0.29) is 5.56 Å². The summed E-state index contributed by atoms with van der Waals surface area (Å²) in [6, 6.07) is 11.0. The maximum atomic E-state index is 12.2. The first kappa shape index (κ1) is 14.6. The zero-order valence-corrected chi connectivity index (χ0v) is 13.1. The zero-order chi connectivity index (χ0) is 16.5. The molecule has 0 aliphatic heterocycles. The fourth-order valence-electron chi connectivity index (χ4n) is 2.59. The molecule has 0 unspecified atom stereocenters. The number of hydrogen-bond acceptors (Lipinski definition) is 4. The summed E-state index contributed by atoms with van der Waals surface area (Å²) in [6.07, 6.45) is 7.59. The lowest BCUT2D eigenvalue weighted by atomic mass is 10.1. The summed E-state index contributed by atoms with van der Waals surface area (Å²) in [7, 11) is 0. The fourth-order valence-corrected chi connectivity index (χ4v) is 2.59. The highest BCUT2D eigenvalue weighted by Crippen LogP contribution is 2.30. The highest BCUT2D eigenvalue weighted by atomic mass is 16.5. The van der Waals surface area contributed by atoms with Crippen LogP contribution in [0.25, 0.3) is 16.9 Å². The van der Waals surface area contributed by atoms with Gasteiger partial charge in [0.1, 0.15) is 5.75 Å². The van der Waals surface area contributed by atoms with E-state index in [0.29, 0.717) is 11.6 Å². The molecule has 1 fully saturated rings. The van der Waals surface area contributed by atoms with Crippen molar-refractivity contribution in [3.05, 3.63) is 65.5 Å². The van der Waals surface area contributed by atoms with Crippen LogP contribution >= 0.6 is 0 Å². The van der Waals surface area contributed by atoms with E-state index in [1.165, 1.54) is 18.9 Å². The smallest absolute Gasteiger partial charge is 0.271 e. The van der Waals surface area contributed by atoms with Gasteiger partial charge in [-0.2, -0.15) is 0 Å². The topological polar surface area (TPSA) is 75.1 Å². The standard InChI is InChI=1S/C18H18N4O2/c19-22-17(9-15(10-18(22)23)21-7-6-20-12-21)14-2-1-3-16(8-14)24-11-13-4-5-13/h1-3,6-10,12-13H,4-5,11,19H2. The summed E-state index contributed by atoms with van der Waals surface area (Å²) in [5, 5.41) is 0. The highest BCUT2D eigenvalue weighted by molar-refractivity contribution is 5.64. The predicted octanol–water partition coefficient (Wildman–Crippen LogP) is 2.20. The van der Waals surface area contributed by atoms with Crippen molar-refractivity contribution in [1.82, 2.24) is 14.2 Å². The number of hydrogen-bond donors (Lipinski definition) is 1. The van der Waals surface area contributed by atoms with Gasteiger partial charge >= 0.3 is 0 Å². The lowest BCUT2D eigenvalue weighted by Gasteiger charge is -2.12. The van der Waals surface area contributed by atoms with Crippen molar-refractivity contribution in [3.8, 4) is 22.7 Å². The average Bonchev–Trinajstić information content (AvgIpc) is 3.27. The van der Waals surface area contributed by atoms with E-state index in [0.717, 1.165) is 28.3 Å². The Balaban J connectivity index is 1.72. The molecule has 6 heteroatoms. The van der Waals surface area contributed by atoms with E-state index in [2.05, 4.69) is 4.98 Å². The number of pyridine rings is 1. The average molecular weight is 322 g/mol. The molecular formula is C18H18N4O2. The third kappa shape index (κ3) is 2.90. The van der Waals surface area contributed by atoms with Crippen LogP contribution in [0.15, 0.2) is 59.9 Å². The second-order valence-electron chi connectivity index (χ2n) is 6.06. The summed E-state index contributed by atoms with van der Waals surface area (Å²) in [4.78, 5) is 16.2. The highest BCUT2D eigenvalue weighted by Gasteiger charge is 2.22. The number of benzene rings is 1. The molecule has 6 nitrogen and oxygen atoms in total. The first-order valence-corrected chi connectivity index (χ1v) is 7.94. The molecule has 3 aromatic rings. The van der Waals surface area contributed by atoms with Gasteiger partial charge in [0, 0.05) is 24.0 Å². The van der Waals surface area contributed by atoms with E-state index in [1.807, 2.05) is 30.3 Å². The van der Waals surface area contributed by atoms with Crippen molar-refractivity contribution in [3.63, 3.8) is 0 Å². The van der Waals surface area contributed by atoms with E-state index < -0.39 is 0 Å². The molecule has 1 saturated carbocycles. The van der Waals surface area contributed by atoms with Gasteiger partial charge in [-0.1, -0.05) is 12.1 Å². The minimum absolute atomic E-state index is 0.277. The van der Waals surface area contributed by atoms with Crippen LogP contribution in [0.5, 0.6) is 5.75 Å². The Morgan fingerprint density at radius 2 is 2.12 bits per heavy atom. The second kappa shape index (κ2) is 5.88. The molecule has 0 amide bonds. The summed E-state index contributed by atoms with van der Waals surface area (Å²) >= 11 is 0. The van der Waals surface area contributed by atoms with Gasteiger partial charge in [0.05, 0.1) is 24.3 Å². The fraction of sp³-hybridized carbons (Fsp3) is 0.222. The Morgan fingerprint density at radius 1 is 1.25 bits per heavy atom. The third-order valence-corrected chi connectivity index (χ3v) is 4.17. The Hall–Kier alpha value is -3.02. The zero-order valence-electron chi connectivity index (χ0n) is 13.1. The molecule has 4 rings (SSSR count). The van der Waals surface area contributed by atoms with Crippen LogP contribution in [0.4, 0.5) is 0 Å². The van der Waals surface area contributed by atoms with Gasteiger partial charge in [0.2, 0.25) is 0 Å². The number of ether oxygens (including phenoxy) is 1. The van der Waals surface area contributed by atoms with Gasteiger partial charge in [-0.15, -0.1) is 0 Å². The number of aromatic nitrogens is 3. The molecule has 2 N–H and O–H groups in total. The number of nitrogen functional groups attached to an aromatic ring is 1. The molecule has 0 radical (unpaired) electrons. The number of nitrogens with zero attached hydrogens (tertiary/aromatic N) is 3. The van der Waals surface area contributed by atoms with Crippen LogP contribution in [0, 0.1) is 5.92 Å². The molecule has 0 atom stereocenters. The maximum Gasteiger partial charge on any atom is 0.271 e. The van der Waals surface area contributed by atoms with Gasteiger partial charge in [-0.25, -0.2) is 9.66 Å². The number of nitrogens with two attached hydrogens (primary N) is 1. The molecule has 0 bridgehead atoms. The quantitative estimate of drug-likeness (QED) is 0.731. The summed E-state index contributed by atoms with van der Waals surface area (Å²) < 4.78 is 8.75. The maximum absolute atomic E-state index is 12.2. The van der Waals surface area contributed by atoms with Gasteiger partial charge < -0.3 is 15.1 Å². The van der Waals surface area contributed by atoms with Crippen LogP contribution in [0.1, 0.15) is 12.8 Å². The van der Waals surface area contributed by atoms with Gasteiger partial charge in [0.25, 0.3) is 5.56 Å². The van der Waals surface area contributed by atoms with Crippen LogP contribution < -0.4 is 16.1 Å². The molecule has 122 valence electrons. The third-order valence-electron chi connectivity index (χ3n) is 4.17. The molecule has 0 spiro atoms. The Labute approximate surface area is 139 Å². The largest absolute Gasteiger partial charge is 0.493 e. The monoisotopic (exact) mass is 322 g/mol. The van der Waals surface area contributed by atoms with Gasteiger partial charge in [-0.3, -0.25) is 4.79 Å². The first-order valence-electron chi connectivity index (χ1n) is 7.94. The molecule has 2 aromatic heterocycles. The van der Waals surface area contributed by atoms with Crippen molar-refractivity contribution in [1.29, 1.82) is 0 Å². The van der Waals surface area contributed by atoms with E-state index in [9.17, 15) is 4.79 Å². The van der Waals surface area contributed by atoms with Crippen molar-refractivity contribution >= 4 is 0 Å². The minimum atomic E-state index is -0.277. The van der Waals surface area contributed by atoms with Crippen LogP contribution in [0.2, 0.25) is 0 Å². The summed E-state index contributed by atoms with van der Waals surface area (Å²) in [5.41, 5.74) is 1.91. The molecule has 1 aliphatic rings. The normalized spacial score (nSPS) is 13.8. The summed E-state index contributed by atoms with van der Waals surface area (Å²) in [6.45, 7) is 0.744. The molecule has 1 aromatic carbocycles. The predicted molar refractivity (Wildman–Crippen MR) is 91.6 cm³/mol. The van der Waals surface area contributed by atoms with E-state index >= 15 is 0 Å². The Kier molecular flexibility index (Phi) is 3.57. The van der Waals surface area contributed by atoms with Crippen molar-refractivity contribution < 1.29 is 4.74 Å². The SMILES string of the molecule is Nn1c(-c2cccc(OCC3CC3)c2)cc(-n2ccnc2)cc1=O. The number of rotatable bonds is 5. The van der Waals surface area contributed by atoms with Crippen LogP contribution in [-0.2, 0) is 0 Å². The summed E-state index contributed by atoms with van der Waals surface area (Å²) in [5.74, 6) is 7.44. The Bertz CT molecular complexity index is 911. The first-order chi connectivity index (χ1) is 11.7. The van der Waals surface area contributed by atoms with Gasteiger partial charge in [-0.05, 0) is 37.0 Å². The molecular weight excluding hydrogens is 304 g/mol. The van der Waals surface area contributed by atoms with E-state index in [1.54, 1.807) is 23.3 Å². The second-order valence-corrected chi connectivity index (χ2v) is 6.06. The van der Waals surface area contributed by atoms with Gasteiger partial charge in [0.15, 0.2) is 0 Å². The van der Waals surface area contributed by atoms with Crippen LogP contribution in [0.3, 0.4) is 0 Å². The molecule has 0 saturated heterocycles. The molecule has 2 heterocycles. The number of imidazole rings is 1. The van der Waals surface area contributed by atoms with Crippen molar-refractivity contribution in [2.24, 2.45) is 5.92 Å². The molecule has 1 aliphatic carbocycles. The van der Waals surface area contributed by atoms with Crippen molar-refractivity contribution in [2.45, 2.75) is 12.8 Å². The van der Waals surface area contributed by atoms with E-state index in [4.69, 9.17) is 10.6 Å². The van der Waals surface area contributed by atoms with Crippen LogP contribution in [-0.4, -0.2) is 20.8 Å². The van der Waals surface area contributed by atoms with Crippen molar-refractivity contribution in [2.75, 3.05) is 12.4 Å². The minimum Gasteiger partial charge on any atom is -0.493 e. The Morgan fingerprint density at radius 3 is 2.88 bits per heavy atom.